The first-order valence-electron chi connectivity index (χ1n) is 3.89. The Bertz CT molecular complexity index is 429. The van der Waals surface area contributed by atoms with Crippen LogP contribution in [-0.2, 0) is 0 Å². The van der Waals surface area contributed by atoms with Crippen molar-refractivity contribution in [2.75, 3.05) is 5.73 Å². The molecule has 0 aliphatic heterocycles. The van der Waals surface area contributed by atoms with Crippen molar-refractivity contribution in [1.82, 2.24) is 9.38 Å². The van der Waals surface area contributed by atoms with Crippen molar-refractivity contribution >= 4 is 11.3 Å². The number of imidazole rings is 1. The van der Waals surface area contributed by atoms with Gasteiger partial charge in [0.15, 0.2) is 0 Å². The van der Waals surface area contributed by atoms with Crippen LogP contribution in [0, 0.1) is 13.8 Å². The van der Waals surface area contributed by atoms with Gasteiger partial charge in [-0.1, -0.05) is 0 Å². The van der Waals surface area contributed by atoms with Crippen LogP contribution in [0.15, 0.2) is 18.3 Å². The highest BCUT2D eigenvalue weighted by atomic mass is 15.0. The van der Waals surface area contributed by atoms with Gasteiger partial charge >= 0.3 is 0 Å². The summed E-state index contributed by atoms with van der Waals surface area (Å²) in [6.45, 7) is 3.96. The topological polar surface area (TPSA) is 43.3 Å². The number of anilines is 1. The van der Waals surface area contributed by atoms with Gasteiger partial charge in [0, 0.05) is 11.9 Å². The number of pyridine rings is 1. The smallest absolute Gasteiger partial charge is 0.137 e. The zero-order valence-corrected chi connectivity index (χ0v) is 7.20. The van der Waals surface area contributed by atoms with E-state index in [1.165, 1.54) is 0 Å². The van der Waals surface area contributed by atoms with Crippen molar-refractivity contribution in [3.8, 4) is 0 Å². The fourth-order valence-corrected chi connectivity index (χ4v) is 1.33. The molecule has 62 valence electrons. The molecule has 0 amide bonds. The third-order valence-electron chi connectivity index (χ3n) is 2.04. The Morgan fingerprint density at radius 3 is 2.83 bits per heavy atom. The Kier molecular flexibility index (Phi) is 1.33. The lowest BCUT2D eigenvalue weighted by Gasteiger charge is -2.01. The van der Waals surface area contributed by atoms with Gasteiger partial charge in [-0.3, -0.25) is 0 Å². The van der Waals surface area contributed by atoms with Crippen molar-refractivity contribution in [3.63, 3.8) is 0 Å². The molecule has 0 aromatic carbocycles. The van der Waals surface area contributed by atoms with Gasteiger partial charge in [-0.25, -0.2) is 4.98 Å². The van der Waals surface area contributed by atoms with E-state index < -0.39 is 0 Å². The molecule has 2 rings (SSSR count). The molecule has 2 aromatic heterocycles. The number of nitrogen functional groups attached to an aromatic ring is 1. The number of fused-ring (bicyclic) bond motifs is 1. The molecule has 0 spiro atoms. The molecule has 2 N–H and O–H groups in total. The largest absolute Gasteiger partial charge is 0.397 e. The Morgan fingerprint density at radius 2 is 2.08 bits per heavy atom. The van der Waals surface area contributed by atoms with E-state index in [0.29, 0.717) is 0 Å². The first-order chi connectivity index (χ1) is 5.68. The first-order valence-corrected chi connectivity index (χ1v) is 3.89. The molecule has 0 bridgehead atoms. The number of nitrogens with zero attached hydrogens (tertiary/aromatic N) is 2. The second-order valence-electron chi connectivity index (χ2n) is 2.98. The van der Waals surface area contributed by atoms with E-state index in [1.807, 2.05) is 36.6 Å². The van der Waals surface area contributed by atoms with Crippen molar-refractivity contribution < 1.29 is 0 Å². The van der Waals surface area contributed by atoms with E-state index in [2.05, 4.69) is 4.98 Å². The first kappa shape index (κ1) is 7.16. The van der Waals surface area contributed by atoms with Gasteiger partial charge in [0.1, 0.15) is 5.65 Å². The molecule has 3 nitrogen and oxygen atoms in total. The van der Waals surface area contributed by atoms with E-state index in [9.17, 15) is 0 Å². The Labute approximate surface area is 70.8 Å². The van der Waals surface area contributed by atoms with Crippen LogP contribution in [0.2, 0.25) is 0 Å². The fraction of sp³-hybridized carbons (Fsp3) is 0.222. The normalized spacial score (nSPS) is 10.8. The third-order valence-corrected chi connectivity index (χ3v) is 2.04. The maximum Gasteiger partial charge on any atom is 0.137 e. The van der Waals surface area contributed by atoms with Crippen molar-refractivity contribution in [2.24, 2.45) is 0 Å². The van der Waals surface area contributed by atoms with E-state index >= 15 is 0 Å². The van der Waals surface area contributed by atoms with Gasteiger partial charge in [-0.05, 0) is 26.0 Å². The van der Waals surface area contributed by atoms with Crippen LogP contribution in [0.4, 0.5) is 5.69 Å². The lowest BCUT2D eigenvalue weighted by Crippen LogP contribution is -1.96. The zero-order chi connectivity index (χ0) is 8.72. The summed E-state index contributed by atoms with van der Waals surface area (Å²) in [6, 6.07) is 3.81. The summed E-state index contributed by atoms with van der Waals surface area (Å²) < 4.78 is 2.00. The zero-order valence-electron chi connectivity index (χ0n) is 7.20. The highest BCUT2D eigenvalue weighted by Crippen LogP contribution is 2.13. The van der Waals surface area contributed by atoms with E-state index in [4.69, 9.17) is 5.73 Å². The molecular formula is C9H11N3. The summed E-state index contributed by atoms with van der Waals surface area (Å²) in [5.74, 6) is 0. The molecule has 3 heteroatoms. The third kappa shape index (κ3) is 0.863. The molecule has 0 saturated carbocycles. The highest BCUT2D eigenvalue weighted by Gasteiger charge is 2.01. The second kappa shape index (κ2) is 2.24. The highest BCUT2D eigenvalue weighted by molar-refractivity contribution is 5.52. The molecule has 0 aliphatic rings. The maximum absolute atomic E-state index is 5.75. The molecule has 2 aromatic rings. The SMILES string of the molecule is Cc1cn2c(C)c(N)ccc2n1. The molecule has 2 heterocycles. The van der Waals surface area contributed by atoms with Crippen molar-refractivity contribution in [1.29, 1.82) is 0 Å². The average molecular weight is 161 g/mol. The van der Waals surface area contributed by atoms with Gasteiger partial charge in [0.05, 0.1) is 11.4 Å². The number of aromatic nitrogens is 2. The number of rotatable bonds is 0. The average Bonchev–Trinajstić information content (AvgIpc) is 2.39. The van der Waals surface area contributed by atoms with Crippen molar-refractivity contribution in [2.45, 2.75) is 13.8 Å². The van der Waals surface area contributed by atoms with Crippen LogP contribution in [0.5, 0.6) is 0 Å². The summed E-state index contributed by atoms with van der Waals surface area (Å²) in [5.41, 5.74) is 9.58. The molecule has 0 saturated heterocycles. The molecule has 0 radical (unpaired) electrons. The van der Waals surface area contributed by atoms with E-state index in [-0.39, 0.29) is 0 Å². The van der Waals surface area contributed by atoms with Crippen LogP contribution >= 0.6 is 0 Å². The summed E-state index contributed by atoms with van der Waals surface area (Å²) in [4.78, 5) is 4.32. The van der Waals surface area contributed by atoms with Gasteiger partial charge < -0.3 is 10.1 Å². The molecule has 0 aliphatic carbocycles. The molecule has 0 unspecified atom stereocenters. The minimum Gasteiger partial charge on any atom is -0.397 e. The summed E-state index contributed by atoms with van der Waals surface area (Å²) in [5, 5.41) is 0. The van der Waals surface area contributed by atoms with E-state index in [0.717, 1.165) is 22.7 Å². The fourth-order valence-electron chi connectivity index (χ4n) is 1.33. The Balaban J connectivity index is 2.89. The minimum atomic E-state index is 0.805. The van der Waals surface area contributed by atoms with E-state index in [1.54, 1.807) is 0 Å². The number of hydrogen-bond donors (Lipinski definition) is 1. The Hall–Kier alpha value is -1.51. The lowest BCUT2D eigenvalue weighted by molar-refractivity contribution is 1.10. The lowest BCUT2D eigenvalue weighted by atomic mass is 10.3. The molecular weight excluding hydrogens is 150 g/mol. The number of nitrogens with two attached hydrogens (primary N) is 1. The van der Waals surface area contributed by atoms with Gasteiger partial charge in [0.25, 0.3) is 0 Å². The monoisotopic (exact) mass is 161 g/mol. The Morgan fingerprint density at radius 1 is 1.33 bits per heavy atom. The summed E-state index contributed by atoms with van der Waals surface area (Å²) in [6.07, 6.45) is 1.99. The van der Waals surface area contributed by atoms with Crippen molar-refractivity contribution in [3.05, 3.63) is 29.7 Å². The van der Waals surface area contributed by atoms with Gasteiger partial charge in [-0.2, -0.15) is 0 Å². The van der Waals surface area contributed by atoms with Gasteiger partial charge in [0.2, 0.25) is 0 Å². The molecule has 0 atom stereocenters. The van der Waals surface area contributed by atoms with Gasteiger partial charge in [-0.15, -0.1) is 0 Å². The molecule has 0 fully saturated rings. The minimum absolute atomic E-state index is 0.805. The van der Waals surface area contributed by atoms with Crippen LogP contribution in [0.3, 0.4) is 0 Å². The predicted molar refractivity (Wildman–Crippen MR) is 49.1 cm³/mol. The standard InChI is InChI=1S/C9H11N3/c1-6-5-12-7(2)8(10)3-4-9(12)11-6/h3-5H,10H2,1-2H3. The maximum atomic E-state index is 5.75. The van der Waals surface area contributed by atoms with Crippen LogP contribution in [0.1, 0.15) is 11.4 Å². The van der Waals surface area contributed by atoms with Crippen LogP contribution < -0.4 is 5.73 Å². The number of aryl methyl sites for hydroxylation is 2. The molecule has 12 heavy (non-hydrogen) atoms. The second-order valence-corrected chi connectivity index (χ2v) is 2.98. The number of hydrogen-bond acceptors (Lipinski definition) is 2. The summed E-state index contributed by atoms with van der Waals surface area (Å²) in [7, 11) is 0. The van der Waals surface area contributed by atoms with Crippen LogP contribution in [0.25, 0.3) is 5.65 Å². The van der Waals surface area contributed by atoms with Crippen LogP contribution in [-0.4, -0.2) is 9.38 Å². The quantitative estimate of drug-likeness (QED) is 0.636. The predicted octanol–water partition coefficient (Wildman–Crippen LogP) is 1.53. The summed E-state index contributed by atoms with van der Waals surface area (Å²) >= 11 is 0.